The second-order valence-corrected chi connectivity index (χ2v) is 11.8. The van der Waals surface area contributed by atoms with Gasteiger partial charge in [-0.1, -0.05) is 127 Å². The Bertz CT molecular complexity index is 2290. The molecular formula is C43H29NO. The Labute approximate surface area is 262 Å². The molecule has 8 aromatic rings. The molecule has 1 aliphatic rings. The molecule has 212 valence electrons. The van der Waals surface area contributed by atoms with Crippen molar-refractivity contribution in [3.8, 4) is 22.3 Å². The average Bonchev–Trinajstić information content (AvgIpc) is 3.62. The maximum atomic E-state index is 6.30. The van der Waals surface area contributed by atoms with E-state index in [1.165, 1.54) is 44.5 Å². The van der Waals surface area contributed by atoms with Gasteiger partial charge in [-0.15, -0.1) is 0 Å². The molecular weight excluding hydrogens is 546 g/mol. The summed E-state index contributed by atoms with van der Waals surface area (Å²) in [4.78, 5) is 0. The van der Waals surface area contributed by atoms with Gasteiger partial charge in [0.05, 0.1) is 5.41 Å². The summed E-state index contributed by atoms with van der Waals surface area (Å²) in [5, 5.41) is 5.87. The number of rotatable bonds is 5. The zero-order chi connectivity index (χ0) is 29.8. The summed E-state index contributed by atoms with van der Waals surface area (Å²) in [6.45, 7) is 0. The molecule has 0 aliphatic heterocycles. The van der Waals surface area contributed by atoms with Crippen LogP contribution < -0.4 is 5.32 Å². The Morgan fingerprint density at radius 1 is 0.400 bits per heavy atom. The van der Waals surface area contributed by atoms with Crippen LogP contribution in [0.5, 0.6) is 0 Å². The monoisotopic (exact) mass is 575 g/mol. The van der Waals surface area contributed by atoms with E-state index in [-0.39, 0.29) is 0 Å². The van der Waals surface area contributed by atoms with Crippen LogP contribution >= 0.6 is 0 Å². The van der Waals surface area contributed by atoms with Crippen LogP contribution in [0.4, 0.5) is 11.4 Å². The highest BCUT2D eigenvalue weighted by atomic mass is 16.3. The van der Waals surface area contributed by atoms with Crippen molar-refractivity contribution in [1.82, 2.24) is 0 Å². The molecule has 0 spiro atoms. The van der Waals surface area contributed by atoms with Gasteiger partial charge >= 0.3 is 0 Å². The summed E-state index contributed by atoms with van der Waals surface area (Å²) in [5.74, 6) is 0. The highest BCUT2D eigenvalue weighted by Gasteiger charge is 2.45. The van der Waals surface area contributed by atoms with Gasteiger partial charge in [0.15, 0.2) is 0 Å². The van der Waals surface area contributed by atoms with Crippen LogP contribution in [0.25, 0.3) is 44.2 Å². The Balaban J connectivity index is 1.09. The van der Waals surface area contributed by atoms with Crippen molar-refractivity contribution in [2.24, 2.45) is 0 Å². The van der Waals surface area contributed by atoms with E-state index in [1.807, 2.05) is 6.07 Å². The fourth-order valence-electron chi connectivity index (χ4n) is 7.35. The Hall–Kier alpha value is -5.86. The first-order chi connectivity index (χ1) is 22.3. The smallest absolute Gasteiger partial charge is 0.137 e. The van der Waals surface area contributed by atoms with E-state index in [0.717, 1.165) is 33.3 Å². The molecule has 1 aromatic heterocycles. The molecule has 9 rings (SSSR count). The average molecular weight is 576 g/mol. The molecule has 45 heavy (non-hydrogen) atoms. The van der Waals surface area contributed by atoms with E-state index >= 15 is 0 Å². The molecule has 0 bridgehead atoms. The molecule has 1 N–H and O–H groups in total. The largest absolute Gasteiger partial charge is 0.456 e. The van der Waals surface area contributed by atoms with Crippen molar-refractivity contribution < 1.29 is 4.42 Å². The van der Waals surface area contributed by atoms with Crippen molar-refractivity contribution in [2.75, 3.05) is 5.32 Å². The Morgan fingerprint density at radius 3 is 1.71 bits per heavy atom. The van der Waals surface area contributed by atoms with Crippen LogP contribution in [-0.4, -0.2) is 0 Å². The lowest BCUT2D eigenvalue weighted by Crippen LogP contribution is -2.28. The van der Waals surface area contributed by atoms with E-state index in [2.05, 4.69) is 169 Å². The van der Waals surface area contributed by atoms with Crippen LogP contribution in [-0.2, 0) is 5.41 Å². The molecule has 7 aromatic carbocycles. The molecule has 0 amide bonds. The fourth-order valence-corrected chi connectivity index (χ4v) is 7.35. The maximum Gasteiger partial charge on any atom is 0.137 e. The van der Waals surface area contributed by atoms with Crippen LogP contribution in [0.2, 0.25) is 0 Å². The molecule has 2 heteroatoms. The molecule has 1 heterocycles. The Morgan fingerprint density at radius 2 is 1.00 bits per heavy atom. The topological polar surface area (TPSA) is 25.2 Å². The van der Waals surface area contributed by atoms with Gasteiger partial charge < -0.3 is 9.73 Å². The number of benzene rings is 7. The van der Waals surface area contributed by atoms with Crippen LogP contribution in [0.15, 0.2) is 174 Å². The lowest BCUT2D eigenvalue weighted by Gasteiger charge is -2.34. The minimum atomic E-state index is -0.390. The van der Waals surface area contributed by atoms with Crippen molar-refractivity contribution in [1.29, 1.82) is 0 Å². The summed E-state index contributed by atoms with van der Waals surface area (Å²) in [7, 11) is 0. The standard InChI is InChI=1S/C43H29NO/c1-3-11-29(12-4-1)30-19-26-41-38(27-30)37-25-24-34(28-42(37)45-41)44-33-22-20-32(21-23-33)43(31-13-5-2-6-14-31)39-17-9-7-15-35(39)36-16-8-10-18-40(36)43/h1-28,44H. The normalized spacial score (nSPS) is 13.1. The van der Waals surface area contributed by atoms with Crippen LogP contribution in [0.3, 0.4) is 0 Å². The van der Waals surface area contributed by atoms with Gasteiger partial charge in [-0.05, 0) is 80.9 Å². The van der Waals surface area contributed by atoms with Crippen molar-refractivity contribution in [3.05, 3.63) is 192 Å². The number of anilines is 2. The van der Waals surface area contributed by atoms with E-state index in [1.54, 1.807) is 0 Å². The molecule has 0 saturated carbocycles. The van der Waals surface area contributed by atoms with Gasteiger partial charge in [-0.2, -0.15) is 0 Å². The zero-order valence-electron chi connectivity index (χ0n) is 24.6. The van der Waals surface area contributed by atoms with Gasteiger partial charge in [-0.3, -0.25) is 0 Å². The van der Waals surface area contributed by atoms with Crippen molar-refractivity contribution in [2.45, 2.75) is 5.41 Å². The number of fused-ring (bicyclic) bond motifs is 6. The third kappa shape index (κ3) is 3.96. The highest BCUT2D eigenvalue weighted by molar-refractivity contribution is 6.07. The second-order valence-electron chi connectivity index (χ2n) is 11.8. The molecule has 0 unspecified atom stereocenters. The number of nitrogens with one attached hydrogen (secondary N) is 1. The second kappa shape index (κ2) is 10.1. The maximum absolute atomic E-state index is 6.30. The van der Waals surface area contributed by atoms with E-state index in [9.17, 15) is 0 Å². The quantitative estimate of drug-likeness (QED) is 0.221. The van der Waals surface area contributed by atoms with E-state index in [0.29, 0.717) is 0 Å². The molecule has 0 fully saturated rings. The molecule has 0 radical (unpaired) electrons. The zero-order valence-corrected chi connectivity index (χ0v) is 24.6. The lowest BCUT2D eigenvalue weighted by molar-refractivity contribution is 0.669. The molecule has 1 aliphatic carbocycles. The first-order valence-electron chi connectivity index (χ1n) is 15.4. The minimum Gasteiger partial charge on any atom is -0.456 e. The first-order valence-corrected chi connectivity index (χ1v) is 15.4. The first kappa shape index (κ1) is 25.6. The SMILES string of the molecule is c1ccc(-c2ccc3oc4cc(Nc5ccc(C6(c7ccccc7)c7ccccc7-c7ccccc76)cc5)ccc4c3c2)cc1. The van der Waals surface area contributed by atoms with Gasteiger partial charge in [0, 0.05) is 28.2 Å². The van der Waals surface area contributed by atoms with E-state index in [4.69, 9.17) is 4.42 Å². The van der Waals surface area contributed by atoms with Crippen molar-refractivity contribution in [3.63, 3.8) is 0 Å². The fraction of sp³-hybridized carbons (Fsp3) is 0.0233. The summed E-state index contributed by atoms with van der Waals surface area (Å²) >= 11 is 0. The number of hydrogen-bond acceptors (Lipinski definition) is 2. The van der Waals surface area contributed by atoms with Gasteiger partial charge in [-0.25, -0.2) is 0 Å². The predicted octanol–water partition coefficient (Wildman–Crippen LogP) is 11.4. The predicted molar refractivity (Wildman–Crippen MR) is 186 cm³/mol. The number of hydrogen-bond donors (Lipinski definition) is 1. The van der Waals surface area contributed by atoms with E-state index < -0.39 is 5.41 Å². The molecule has 0 saturated heterocycles. The highest BCUT2D eigenvalue weighted by Crippen LogP contribution is 2.56. The van der Waals surface area contributed by atoms with Crippen molar-refractivity contribution >= 4 is 33.3 Å². The van der Waals surface area contributed by atoms with Crippen LogP contribution in [0, 0.1) is 0 Å². The third-order valence-corrected chi connectivity index (χ3v) is 9.34. The van der Waals surface area contributed by atoms with Gasteiger partial charge in [0.1, 0.15) is 11.2 Å². The summed E-state index contributed by atoms with van der Waals surface area (Å²) < 4.78 is 6.30. The Kier molecular flexibility index (Phi) is 5.76. The summed E-state index contributed by atoms with van der Waals surface area (Å²) in [6.07, 6.45) is 0. The minimum absolute atomic E-state index is 0.390. The van der Waals surface area contributed by atoms with Gasteiger partial charge in [0.2, 0.25) is 0 Å². The summed E-state index contributed by atoms with van der Waals surface area (Å²) in [6, 6.07) is 60.8. The lowest BCUT2D eigenvalue weighted by atomic mass is 9.68. The number of furan rings is 1. The molecule has 0 atom stereocenters. The van der Waals surface area contributed by atoms with Gasteiger partial charge in [0.25, 0.3) is 0 Å². The molecule has 2 nitrogen and oxygen atoms in total. The summed E-state index contributed by atoms with van der Waals surface area (Å²) in [5.41, 5.74) is 13.6. The van der Waals surface area contributed by atoms with Crippen LogP contribution in [0.1, 0.15) is 22.3 Å². The third-order valence-electron chi connectivity index (χ3n) is 9.34.